The molecule has 1 aliphatic carbocycles. The second-order valence-electron chi connectivity index (χ2n) is 4.88. The van der Waals surface area contributed by atoms with E-state index in [4.69, 9.17) is 16.3 Å². The zero-order valence-electron chi connectivity index (χ0n) is 10.7. The molecule has 0 aliphatic heterocycles. The van der Waals surface area contributed by atoms with E-state index in [0.29, 0.717) is 5.57 Å². The molecule has 1 saturated carbocycles. The summed E-state index contributed by atoms with van der Waals surface area (Å²) >= 11 is 5.61. The molecule has 1 aliphatic rings. The van der Waals surface area contributed by atoms with Crippen molar-refractivity contribution in [2.45, 2.75) is 39.0 Å². The van der Waals surface area contributed by atoms with Crippen molar-refractivity contribution < 1.29 is 19.4 Å². The van der Waals surface area contributed by atoms with Gasteiger partial charge in [-0.15, -0.1) is 0 Å². The number of esters is 1. The fraction of sp³-hybridized carbons (Fsp3) is 0.692. The maximum absolute atomic E-state index is 12.0. The number of carbonyl (C=O) groups excluding carboxylic acids is 1. The first-order valence-corrected chi connectivity index (χ1v) is 6.50. The molecule has 4 nitrogen and oxygen atoms in total. The predicted molar refractivity (Wildman–Crippen MR) is 68.3 cm³/mol. The van der Waals surface area contributed by atoms with E-state index in [9.17, 15) is 14.7 Å². The standard InChI is InChI=1S/C13H19ClO4/c1-9(8-14)7-13(11(15)16,12(17)18-2)10-5-3-4-6-10/h8,10H,3-7H2,1-2H3,(H,15,16). The smallest absolute Gasteiger partial charge is 0.323 e. The van der Waals surface area contributed by atoms with Gasteiger partial charge in [0.05, 0.1) is 7.11 Å². The zero-order chi connectivity index (χ0) is 13.8. The first-order chi connectivity index (χ1) is 8.48. The molecule has 1 fully saturated rings. The third-order valence-electron chi connectivity index (χ3n) is 3.73. The average molecular weight is 275 g/mol. The van der Waals surface area contributed by atoms with Crippen LogP contribution in [0.1, 0.15) is 39.0 Å². The van der Waals surface area contributed by atoms with E-state index in [2.05, 4.69) is 0 Å². The lowest BCUT2D eigenvalue weighted by Crippen LogP contribution is -2.46. The largest absolute Gasteiger partial charge is 0.480 e. The van der Waals surface area contributed by atoms with Crippen LogP contribution in [0.15, 0.2) is 11.1 Å². The number of carboxylic acid groups (broad SMARTS) is 1. The van der Waals surface area contributed by atoms with Crippen LogP contribution in [0.25, 0.3) is 0 Å². The summed E-state index contributed by atoms with van der Waals surface area (Å²) in [6, 6.07) is 0. The molecule has 0 radical (unpaired) electrons. The molecule has 0 heterocycles. The zero-order valence-corrected chi connectivity index (χ0v) is 11.5. The van der Waals surface area contributed by atoms with E-state index in [-0.39, 0.29) is 12.3 Å². The Morgan fingerprint density at radius 1 is 1.44 bits per heavy atom. The Balaban J connectivity index is 3.17. The average Bonchev–Trinajstić information content (AvgIpc) is 2.88. The topological polar surface area (TPSA) is 63.6 Å². The van der Waals surface area contributed by atoms with E-state index in [1.807, 2.05) is 0 Å². The van der Waals surface area contributed by atoms with Crippen molar-refractivity contribution in [3.8, 4) is 0 Å². The summed E-state index contributed by atoms with van der Waals surface area (Å²) in [7, 11) is 1.23. The molecule has 0 bridgehead atoms. The number of halogens is 1. The number of ether oxygens (including phenoxy) is 1. The van der Waals surface area contributed by atoms with Crippen molar-refractivity contribution in [1.29, 1.82) is 0 Å². The van der Waals surface area contributed by atoms with Crippen molar-refractivity contribution in [3.63, 3.8) is 0 Å². The number of rotatable bonds is 5. The SMILES string of the molecule is COC(=O)C(CC(C)=CCl)(C(=O)O)C1CCCC1. The Hall–Kier alpha value is -1.03. The van der Waals surface area contributed by atoms with Gasteiger partial charge >= 0.3 is 11.9 Å². The Kier molecular flexibility index (Phi) is 5.20. The van der Waals surface area contributed by atoms with E-state index in [1.54, 1.807) is 6.92 Å². The van der Waals surface area contributed by atoms with Gasteiger partial charge in [-0.3, -0.25) is 9.59 Å². The van der Waals surface area contributed by atoms with E-state index in [1.165, 1.54) is 12.6 Å². The second-order valence-corrected chi connectivity index (χ2v) is 5.10. The highest BCUT2D eigenvalue weighted by atomic mass is 35.5. The normalized spacial score (nSPS) is 20.5. The van der Waals surface area contributed by atoms with Gasteiger partial charge in [-0.05, 0) is 32.1 Å². The predicted octanol–water partition coefficient (Wildman–Crippen LogP) is 2.95. The van der Waals surface area contributed by atoms with Crippen molar-refractivity contribution >= 4 is 23.5 Å². The molecule has 0 amide bonds. The van der Waals surface area contributed by atoms with Gasteiger partial charge in [-0.25, -0.2) is 0 Å². The van der Waals surface area contributed by atoms with Gasteiger partial charge in [0.25, 0.3) is 0 Å². The maximum Gasteiger partial charge on any atom is 0.323 e. The van der Waals surface area contributed by atoms with Crippen LogP contribution in [-0.2, 0) is 14.3 Å². The van der Waals surface area contributed by atoms with Gasteiger partial charge in [0.2, 0.25) is 0 Å². The van der Waals surface area contributed by atoms with Crippen LogP contribution in [0.5, 0.6) is 0 Å². The van der Waals surface area contributed by atoms with Crippen LogP contribution in [-0.4, -0.2) is 24.2 Å². The minimum atomic E-state index is -1.49. The lowest BCUT2D eigenvalue weighted by Gasteiger charge is -2.32. The molecule has 1 rings (SSSR count). The summed E-state index contributed by atoms with van der Waals surface area (Å²) in [5.74, 6) is -1.95. The molecule has 0 saturated heterocycles. The molecular weight excluding hydrogens is 256 g/mol. The van der Waals surface area contributed by atoms with Gasteiger partial charge in [0.1, 0.15) is 0 Å². The third-order valence-corrected chi connectivity index (χ3v) is 4.10. The molecule has 102 valence electrons. The van der Waals surface area contributed by atoms with E-state index in [0.717, 1.165) is 25.7 Å². The highest BCUT2D eigenvalue weighted by molar-refractivity contribution is 6.25. The quantitative estimate of drug-likeness (QED) is 0.618. The van der Waals surface area contributed by atoms with Crippen molar-refractivity contribution in [2.75, 3.05) is 7.11 Å². The Morgan fingerprint density at radius 3 is 2.39 bits per heavy atom. The van der Waals surface area contributed by atoms with E-state index < -0.39 is 17.4 Å². The molecule has 0 aromatic heterocycles. The summed E-state index contributed by atoms with van der Waals surface area (Å²) in [6.45, 7) is 1.72. The fourth-order valence-corrected chi connectivity index (χ4v) is 2.88. The number of carbonyl (C=O) groups is 2. The van der Waals surface area contributed by atoms with Crippen molar-refractivity contribution in [3.05, 3.63) is 11.1 Å². The van der Waals surface area contributed by atoms with Crippen LogP contribution in [0.2, 0.25) is 0 Å². The number of carboxylic acids is 1. The monoisotopic (exact) mass is 274 g/mol. The third kappa shape index (κ3) is 2.69. The number of allylic oxidation sites excluding steroid dienone is 1. The van der Waals surface area contributed by atoms with E-state index >= 15 is 0 Å². The number of hydrogen-bond acceptors (Lipinski definition) is 3. The fourth-order valence-electron chi connectivity index (χ4n) is 2.80. The molecule has 0 spiro atoms. The Labute approximate surface area is 112 Å². The highest BCUT2D eigenvalue weighted by Crippen LogP contribution is 2.45. The second kappa shape index (κ2) is 6.23. The summed E-state index contributed by atoms with van der Waals surface area (Å²) in [5, 5.41) is 9.56. The summed E-state index contributed by atoms with van der Waals surface area (Å²) in [5.41, 5.74) is 0.521. The lowest BCUT2D eigenvalue weighted by molar-refractivity contribution is -0.171. The minimum Gasteiger partial charge on any atom is -0.480 e. The molecule has 1 atom stereocenters. The van der Waals surface area contributed by atoms with Gasteiger partial charge in [-0.1, -0.05) is 30.0 Å². The van der Waals surface area contributed by atoms with Gasteiger partial charge in [-0.2, -0.15) is 0 Å². The number of methoxy groups -OCH3 is 1. The summed E-state index contributed by atoms with van der Waals surface area (Å²) < 4.78 is 4.74. The molecule has 1 unspecified atom stereocenters. The maximum atomic E-state index is 12.0. The van der Waals surface area contributed by atoms with Crippen LogP contribution >= 0.6 is 11.6 Å². The van der Waals surface area contributed by atoms with Crippen molar-refractivity contribution in [1.82, 2.24) is 0 Å². The molecule has 0 aromatic rings. The minimum absolute atomic E-state index is 0.114. The number of aliphatic carboxylic acids is 1. The van der Waals surface area contributed by atoms with Gasteiger partial charge in [0, 0.05) is 5.54 Å². The molecule has 0 aromatic carbocycles. The van der Waals surface area contributed by atoms with Gasteiger partial charge < -0.3 is 9.84 Å². The summed E-state index contributed by atoms with van der Waals surface area (Å²) in [4.78, 5) is 23.7. The highest BCUT2D eigenvalue weighted by Gasteiger charge is 2.54. The molecule has 5 heteroatoms. The first kappa shape index (κ1) is 15.0. The Morgan fingerprint density at radius 2 is 2.00 bits per heavy atom. The number of hydrogen-bond donors (Lipinski definition) is 1. The van der Waals surface area contributed by atoms with Crippen LogP contribution < -0.4 is 0 Å². The lowest BCUT2D eigenvalue weighted by atomic mass is 9.70. The summed E-state index contributed by atoms with van der Waals surface area (Å²) in [6.07, 6.45) is 3.53. The van der Waals surface area contributed by atoms with Crippen LogP contribution in [0, 0.1) is 11.3 Å². The van der Waals surface area contributed by atoms with Gasteiger partial charge in [0.15, 0.2) is 5.41 Å². The first-order valence-electron chi connectivity index (χ1n) is 6.06. The molecule has 1 N–H and O–H groups in total. The Bertz CT molecular complexity index is 358. The van der Waals surface area contributed by atoms with Crippen molar-refractivity contribution in [2.24, 2.45) is 11.3 Å². The van der Waals surface area contributed by atoms with Crippen LogP contribution in [0.4, 0.5) is 0 Å². The van der Waals surface area contributed by atoms with Crippen LogP contribution in [0.3, 0.4) is 0 Å². The molecular formula is C13H19ClO4. The molecule has 18 heavy (non-hydrogen) atoms.